The predicted octanol–water partition coefficient (Wildman–Crippen LogP) is 4.90. The van der Waals surface area contributed by atoms with Crippen LogP contribution in [0.2, 0.25) is 0 Å². The topological polar surface area (TPSA) is 45.7 Å². The third kappa shape index (κ3) is 5.02. The molecule has 2 aromatic carbocycles. The minimum atomic E-state index is -4.51. The predicted molar refractivity (Wildman–Crippen MR) is 123 cm³/mol. The second kappa shape index (κ2) is 9.39. The van der Waals surface area contributed by atoms with Crippen LogP contribution < -0.4 is 4.90 Å². The summed E-state index contributed by atoms with van der Waals surface area (Å²) in [6.07, 6.45) is -4.51. The Hall–Kier alpha value is -1.76. The molecule has 31 heavy (non-hydrogen) atoms. The van der Waals surface area contributed by atoms with E-state index in [1.165, 1.54) is 11.0 Å². The summed E-state index contributed by atoms with van der Waals surface area (Å²) in [5.41, 5.74) is -0.412. The smallest absolute Gasteiger partial charge is 0.379 e. The molecular formula is C21H19F3IN3O2S. The lowest BCUT2D eigenvalue weighted by molar-refractivity contribution is -0.136. The lowest BCUT2D eigenvalue weighted by Crippen LogP contribution is -2.43. The van der Waals surface area contributed by atoms with Crippen molar-refractivity contribution in [2.24, 2.45) is 0 Å². The first-order chi connectivity index (χ1) is 14.8. The molecule has 1 amide bonds. The number of alkyl halides is 3. The lowest BCUT2D eigenvalue weighted by Gasteiger charge is -2.29. The Kier molecular flexibility index (Phi) is 6.80. The highest BCUT2D eigenvalue weighted by Crippen LogP contribution is 2.38. The standard InChI is InChI=1S/C21H19F3IN3O2S/c22-21(23,24)15-5-3-7-17-18(15)26-20(31-17)28(9-8-27-10-12-30-13-11-27)19(29)14-4-1-2-6-16(14)25/h1-7H,8-13H2. The van der Waals surface area contributed by atoms with Crippen LogP contribution in [0.3, 0.4) is 0 Å². The Morgan fingerprint density at radius 2 is 1.90 bits per heavy atom. The molecule has 0 radical (unpaired) electrons. The molecule has 0 bridgehead atoms. The molecule has 0 unspecified atom stereocenters. The second-order valence-electron chi connectivity index (χ2n) is 7.04. The summed E-state index contributed by atoms with van der Waals surface area (Å²) >= 11 is 3.19. The van der Waals surface area contributed by atoms with Crippen LogP contribution >= 0.6 is 33.9 Å². The first kappa shape index (κ1) is 22.4. The van der Waals surface area contributed by atoms with Crippen molar-refractivity contribution in [3.63, 3.8) is 0 Å². The Bertz CT molecular complexity index is 1080. The van der Waals surface area contributed by atoms with E-state index in [0.717, 1.165) is 34.1 Å². The van der Waals surface area contributed by atoms with Crippen LogP contribution in [-0.4, -0.2) is 55.2 Å². The largest absolute Gasteiger partial charge is 0.418 e. The van der Waals surface area contributed by atoms with E-state index in [1.54, 1.807) is 18.2 Å². The molecule has 0 atom stereocenters. The van der Waals surface area contributed by atoms with E-state index in [1.807, 2.05) is 12.1 Å². The fraction of sp³-hybridized carbons (Fsp3) is 0.333. The molecule has 0 saturated carbocycles. The van der Waals surface area contributed by atoms with Crippen molar-refractivity contribution in [3.8, 4) is 0 Å². The molecule has 1 fully saturated rings. The maximum Gasteiger partial charge on any atom is 0.418 e. The van der Waals surface area contributed by atoms with Crippen molar-refractivity contribution < 1.29 is 22.7 Å². The van der Waals surface area contributed by atoms with Gasteiger partial charge in [-0.3, -0.25) is 14.6 Å². The summed E-state index contributed by atoms with van der Waals surface area (Å²) in [4.78, 5) is 21.4. The second-order valence-corrected chi connectivity index (χ2v) is 9.21. The van der Waals surface area contributed by atoms with Crippen molar-refractivity contribution >= 4 is 55.2 Å². The van der Waals surface area contributed by atoms with Gasteiger partial charge in [-0.05, 0) is 46.9 Å². The Morgan fingerprint density at radius 3 is 2.61 bits per heavy atom. The van der Waals surface area contributed by atoms with Gasteiger partial charge in [0.1, 0.15) is 0 Å². The number of anilines is 1. The van der Waals surface area contributed by atoms with E-state index in [4.69, 9.17) is 4.74 Å². The molecule has 0 aliphatic carbocycles. The fourth-order valence-corrected chi connectivity index (χ4v) is 5.05. The third-order valence-electron chi connectivity index (χ3n) is 5.04. The summed E-state index contributed by atoms with van der Waals surface area (Å²) in [7, 11) is 0. The first-order valence-corrected chi connectivity index (χ1v) is 11.6. The summed E-state index contributed by atoms with van der Waals surface area (Å²) in [6, 6.07) is 11.1. The number of carbonyl (C=O) groups is 1. The zero-order valence-electron chi connectivity index (χ0n) is 16.4. The van der Waals surface area contributed by atoms with Crippen LogP contribution in [-0.2, 0) is 10.9 Å². The minimum Gasteiger partial charge on any atom is -0.379 e. The molecule has 3 aromatic rings. The summed E-state index contributed by atoms with van der Waals surface area (Å²) in [6.45, 7) is 3.67. The number of aromatic nitrogens is 1. The van der Waals surface area contributed by atoms with Gasteiger partial charge in [0.25, 0.3) is 5.91 Å². The minimum absolute atomic E-state index is 0.123. The number of morpholine rings is 1. The number of rotatable bonds is 5. The number of amides is 1. The van der Waals surface area contributed by atoms with Gasteiger partial charge in [0.15, 0.2) is 5.13 Å². The van der Waals surface area contributed by atoms with Crippen molar-refractivity contribution in [1.29, 1.82) is 0 Å². The number of thiazole rings is 1. The highest BCUT2D eigenvalue weighted by molar-refractivity contribution is 14.1. The molecule has 10 heteroatoms. The monoisotopic (exact) mass is 561 g/mol. The van der Waals surface area contributed by atoms with Gasteiger partial charge in [0.2, 0.25) is 0 Å². The number of hydrogen-bond donors (Lipinski definition) is 0. The number of carbonyl (C=O) groups excluding carboxylic acids is 1. The fourth-order valence-electron chi connectivity index (χ4n) is 3.41. The molecule has 1 aliphatic heterocycles. The SMILES string of the molecule is O=C(c1ccccc1I)N(CCN1CCOCC1)c1nc2c(C(F)(F)F)cccc2s1. The third-order valence-corrected chi connectivity index (χ3v) is 7.02. The number of fused-ring (bicyclic) bond motifs is 1. The maximum absolute atomic E-state index is 13.5. The van der Waals surface area contributed by atoms with Crippen LogP contribution in [0.15, 0.2) is 42.5 Å². The zero-order valence-corrected chi connectivity index (χ0v) is 19.3. The summed E-state index contributed by atoms with van der Waals surface area (Å²) in [5.74, 6) is -0.272. The molecule has 4 rings (SSSR count). The quantitative estimate of drug-likeness (QED) is 0.416. The Morgan fingerprint density at radius 1 is 1.16 bits per heavy atom. The van der Waals surface area contributed by atoms with Crippen LogP contribution in [0.1, 0.15) is 15.9 Å². The summed E-state index contributed by atoms with van der Waals surface area (Å²) in [5, 5.41) is 0.268. The van der Waals surface area contributed by atoms with E-state index in [0.29, 0.717) is 36.6 Å². The number of ether oxygens (including phenoxy) is 1. The van der Waals surface area contributed by atoms with Gasteiger partial charge in [0, 0.05) is 29.7 Å². The lowest BCUT2D eigenvalue weighted by atomic mass is 10.2. The van der Waals surface area contributed by atoms with Crippen LogP contribution in [0.5, 0.6) is 0 Å². The van der Waals surface area contributed by atoms with Gasteiger partial charge in [-0.15, -0.1) is 0 Å². The van der Waals surface area contributed by atoms with E-state index in [9.17, 15) is 18.0 Å². The normalized spacial score (nSPS) is 15.4. The number of para-hydroxylation sites is 1. The van der Waals surface area contributed by atoms with Crippen LogP contribution in [0.25, 0.3) is 10.2 Å². The first-order valence-electron chi connectivity index (χ1n) is 9.68. The average Bonchev–Trinajstić information content (AvgIpc) is 3.18. The van der Waals surface area contributed by atoms with E-state index in [2.05, 4.69) is 32.5 Å². The molecule has 2 heterocycles. The van der Waals surface area contributed by atoms with Crippen LogP contribution in [0, 0.1) is 3.57 Å². The van der Waals surface area contributed by atoms with Crippen molar-refractivity contribution in [2.45, 2.75) is 6.18 Å². The van der Waals surface area contributed by atoms with E-state index >= 15 is 0 Å². The van der Waals surface area contributed by atoms with Crippen LogP contribution in [0.4, 0.5) is 18.3 Å². The number of hydrogen-bond acceptors (Lipinski definition) is 5. The van der Waals surface area contributed by atoms with Gasteiger partial charge in [0.05, 0.1) is 34.6 Å². The van der Waals surface area contributed by atoms with Gasteiger partial charge < -0.3 is 4.74 Å². The molecule has 1 aromatic heterocycles. The van der Waals surface area contributed by atoms with Gasteiger partial charge in [-0.25, -0.2) is 4.98 Å². The van der Waals surface area contributed by atoms with Crippen molar-refractivity contribution in [2.75, 3.05) is 44.3 Å². The van der Waals surface area contributed by atoms with E-state index < -0.39 is 11.7 Å². The molecule has 1 saturated heterocycles. The van der Waals surface area contributed by atoms with Crippen molar-refractivity contribution in [1.82, 2.24) is 9.88 Å². The molecule has 5 nitrogen and oxygen atoms in total. The van der Waals surface area contributed by atoms with Gasteiger partial charge >= 0.3 is 6.18 Å². The number of nitrogens with zero attached hydrogens (tertiary/aromatic N) is 3. The van der Waals surface area contributed by atoms with Crippen molar-refractivity contribution in [3.05, 3.63) is 57.2 Å². The highest BCUT2D eigenvalue weighted by Gasteiger charge is 2.34. The number of benzene rings is 2. The van der Waals surface area contributed by atoms with Gasteiger partial charge in [-0.2, -0.15) is 13.2 Å². The number of halogens is 4. The zero-order chi connectivity index (χ0) is 22.0. The molecule has 164 valence electrons. The highest BCUT2D eigenvalue weighted by atomic mass is 127. The molecule has 0 spiro atoms. The molecular weight excluding hydrogens is 542 g/mol. The van der Waals surface area contributed by atoms with E-state index in [-0.39, 0.29) is 16.6 Å². The Balaban J connectivity index is 1.71. The molecule has 0 N–H and O–H groups in total. The average molecular weight is 561 g/mol. The Labute approximate surface area is 194 Å². The molecule has 1 aliphatic rings. The summed E-state index contributed by atoms with van der Waals surface area (Å²) < 4.78 is 46.9. The van der Waals surface area contributed by atoms with Gasteiger partial charge in [-0.1, -0.05) is 29.5 Å². The maximum atomic E-state index is 13.5.